The molecule has 0 radical (unpaired) electrons. The number of hydrazone groups is 1. The van der Waals surface area contributed by atoms with Crippen LogP contribution in [0.1, 0.15) is 32.6 Å². The molecule has 0 saturated heterocycles. The number of nitrogens with one attached hydrogen (secondary N) is 1. The van der Waals surface area contributed by atoms with Crippen LogP contribution in [0.25, 0.3) is 0 Å². The number of nitro groups is 1. The number of anilines is 1. The average Bonchev–Trinajstić information content (AvgIpc) is 2.83. The summed E-state index contributed by atoms with van der Waals surface area (Å²) in [5.41, 5.74) is 6.19. The minimum absolute atomic E-state index is 0.109. The molecule has 0 fully saturated rings. The summed E-state index contributed by atoms with van der Waals surface area (Å²) in [6, 6.07) is 16.2. The predicted molar refractivity (Wildman–Crippen MR) is 138 cm³/mol. The molecule has 0 atom stereocenters. The molecule has 0 saturated carbocycles. The second-order valence-corrected chi connectivity index (χ2v) is 10.0. The van der Waals surface area contributed by atoms with Crippen LogP contribution in [-0.2, 0) is 16.6 Å². The van der Waals surface area contributed by atoms with Crippen LogP contribution in [0, 0.1) is 24.0 Å². The highest BCUT2D eigenvalue weighted by Gasteiger charge is 2.19. The molecule has 1 amide bonds. The molecular formula is C25H26N4O6S. The van der Waals surface area contributed by atoms with Gasteiger partial charge in [0.25, 0.3) is 5.91 Å². The number of hydrogen-bond donors (Lipinski definition) is 1. The van der Waals surface area contributed by atoms with Crippen LogP contribution in [0.2, 0.25) is 0 Å². The zero-order chi connectivity index (χ0) is 26.5. The molecule has 0 aliphatic rings. The lowest BCUT2D eigenvalue weighted by Gasteiger charge is -2.23. The van der Waals surface area contributed by atoms with Gasteiger partial charge >= 0.3 is 5.69 Å². The predicted octanol–water partition coefficient (Wildman–Crippen LogP) is 3.95. The number of carbonyl (C=O) groups excluding carboxylic acids is 1. The van der Waals surface area contributed by atoms with Gasteiger partial charge in [0.05, 0.1) is 36.7 Å². The summed E-state index contributed by atoms with van der Waals surface area (Å²) >= 11 is 0. The van der Waals surface area contributed by atoms with Crippen molar-refractivity contribution in [2.24, 2.45) is 5.10 Å². The van der Waals surface area contributed by atoms with Gasteiger partial charge in [-0.2, -0.15) is 5.10 Å². The van der Waals surface area contributed by atoms with Crippen molar-refractivity contribution >= 4 is 33.5 Å². The Balaban J connectivity index is 1.70. The van der Waals surface area contributed by atoms with E-state index >= 15 is 0 Å². The van der Waals surface area contributed by atoms with Crippen LogP contribution in [0.5, 0.6) is 5.75 Å². The fourth-order valence-corrected chi connectivity index (χ4v) is 4.25. The smallest absolute Gasteiger partial charge is 0.311 e. The van der Waals surface area contributed by atoms with Gasteiger partial charge in [-0.25, -0.2) is 13.8 Å². The van der Waals surface area contributed by atoms with Gasteiger partial charge in [0, 0.05) is 17.2 Å². The van der Waals surface area contributed by atoms with Gasteiger partial charge in [-0.1, -0.05) is 18.2 Å². The number of rotatable bonds is 9. The van der Waals surface area contributed by atoms with E-state index in [1.54, 1.807) is 36.4 Å². The van der Waals surface area contributed by atoms with Crippen LogP contribution < -0.4 is 14.5 Å². The maximum Gasteiger partial charge on any atom is 0.311 e. The maximum atomic E-state index is 12.4. The second-order valence-electron chi connectivity index (χ2n) is 8.12. The molecule has 10 nitrogen and oxygen atoms in total. The van der Waals surface area contributed by atoms with E-state index in [0.29, 0.717) is 22.4 Å². The summed E-state index contributed by atoms with van der Waals surface area (Å²) in [6.45, 7) is 3.99. The van der Waals surface area contributed by atoms with Crippen LogP contribution >= 0.6 is 0 Å². The van der Waals surface area contributed by atoms with E-state index in [1.165, 1.54) is 29.8 Å². The highest BCUT2D eigenvalue weighted by molar-refractivity contribution is 7.92. The third kappa shape index (κ3) is 6.45. The van der Waals surface area contributed by atoms with Crippen molar-refractivity contribution in [3.8, 4) is 5.75 Å². The van der Waals surface area contributed by atoms with Gasteiger partial charge in [-0.15, -0.1) is 0 Å². The molecule has 3 rings (SSSR count). The summed E-state index contributed by atoms with van der Waals surface area (Å²) in [5, 5.41) is 15.0. The zero-order valence-corrected chi connectivity index (χ0v) is 21.1. The molecule has 1 N–H and O–H groups in total. The standard InChI is InChI=1S/C25H26N4O6S/c1-17-5-11-22(13-18(17)2)28(36(4,33)34)16-19-6-9-21(10-7-19)25(30)27-26-15-20-8-12-24(35-3)23(14-20)29(31)32/h5-15H,16H2,1-4H3,(H,27,30)/b26-15-. The SMILES string of the molecule is COc1ccc(/C=N\NC(=O)c2ccc(CN(c3ccc(C)c(C)c3)S(C)(=O)=O)cc2)cc1[N+](=O)[O-]. The molecule has 3 aromatic rings. The number of hydrogen-bond acceptors (Lipinski definition) is 7. The molecule has 36 heavy (non-hydrogen) atoms. The van der Waals surface area contributed by atoms with E-state index in [2.05, 4.69) is 10.5 Å². The summed E-state index contributed by atoms with van der Waals surface area (Å²) in [6.07, 6.45) is 2.44. The number of methoxy groups -OCH3 is 1. The van der Waals surface area contributed by atoms with E-state index in [4.69, 9.17) is 4.74 Å². The second kappa shape index (κ2) is 11.0. The number of carbonyl (C=O) groups is 1. The largest absolute Gasteiger partial charge is 0.490 e. The molecular weight excluding hydrogens is 484 g/mol. The number of ether oxygens (including phenoxy) is 1. The van der Waals surface area contributed by atoms with Crippen molar-refractivity contribution in [1.29, 1.82) is 0 Å². The average molecular weight is 511 g/mol. The molecule has 0 aromatic heterocycles. The highest BCUT2D eigenvalue weighted by atomic mass is 32.2. The molecule has 3 aromatic carbocycles. The van der Waals surface area contributed by atoms with Gasteiger partial charge in [0.15, 0.2) is 5.75 Å². The number of amides is 1. The normalized spacial score (nSPS) is 11.3. The maximum absolute atomic E-state index is 12.4. The van der Waals surface area contributed by atoms with Crippen molar-refractivity contribution in [2.75, 3.05) is 17.7 Å². The van der Waals surface area contributed by atoms with Crippen LogP contribution in [-0.4, -0.2) is 38.8 Å². The molecule has 0 unspecified atom stereocenters. The van der Waals surface area contributed by atoms with E-state index in [-0.39, 0.29) is 18.0 Å². The Kier molecular flexibility index (Phi) is 8.05. The first-order valence-corrected chi connectivity index (χ1v) is 12.6. The molecule has 11 heteroatoms. The van der Waals surface area contributed by atoms with Gasteiger partial charge < -0.3 is 4.74 Å². The number of aryl methyl sites for hydroxylation is 2. The minimum Gasteiger partial charge on any atom is -0.490 e. The molecule has 0 heterocycles. The van der Waals surface area contributed by atoms with Gasteiger partial charge in [-0.3, -0.25) is 19.2 Å². The van der Waals surface area contributed by atoms with E-state index in [0.717, 1.165) is 17.4 Å². The Morgan fingerprint density at radius 3 is 2.36 bits per heavy atom. The lowest BCUT2D eigenvalue weighted by molar-refractivity contribution is -0.385. The fraction of sp³-hybridized carbons (Fsp3) is 0.200. The summed E-state index contributed by atoms with van der Waals surface area (Å²) in [4.78, 5) is 23.0. The quantitative estimate of drug-likeness (QED) is 0.263. The van der Waals surface area contributed by atoms with Crippen LogP contribution in [0.15, 0.2) is 65.8 Å². The minimum atomic E-state index is -3.54. The first-order chi connectivity index (χ1) is 17.0. The topological polar surface area (TPSA) is 131 Å². The van der Waals surface area contributed by atoms with Crippen molar-refractivity contribution in [2.45, 2.75) is 20.4 Å². The Bertz CT molecular complexity index is 1420. The molecule has 188 valence electrons. The van der Waals surface area contributed by atoms with Crippen molar-refractivity contribution in [1.82, 2.24) is 5.43 Å². The van der Waals surface area contributed by atoms with Crippen molar-refractivity contribution in [3.05, 3.63) is 98.6 Å². The number of nitrogens with zero attached hydrogens (tertiary/aromatic N) is 3. The summed E-state index contributed by atoms with van der Waals surface area (Å²) in [7, 11) is -2.20. The number of benzene rings is 3. The van der Waals surface area contributed by atoms with Crippen LogP contribution in [0.4, 0.5) is 11.4 Å². The van der Waals surface area contributed by atoms with Crippen molar-refractivity contribution < 1.29 is 22.9 Å². The third-order valence-electron chi connectivity index (χ3n) is 5.50. The number of sulfonamides is 1. The molecule has 0 aliphatic heterocycles. The Morgan fingerprint density at radius 2 is 1.78 bits per heavy atom. The van der Waals surface area contributed by atoms with Gasteiger partial charge in [0.1, 0.15) is 0 Å². The molecule has 0 spiro atoms. The summed E-state index contributed by atoms with van der Waals surface area (Å²) in [5.74, 6) is -0.372. The van der Waals surface area contributed by atoms with Gasteiger partial charge in [-0.05, 0) is 66.9 Å². The van der Waals surface area contributed by atoms with E-state index in [9.17, 15) is 23.3 Å². The highest BCUT2D eigenvalue weighted by Crippen LogP contribution is 2.27. The van der Waals surface area contributed by atoms with Crippen LogP contribution in [0.3, 0.4) is 0 Å². The van der Waals surface area contributed by atoms with Gasteiger partial charge in [0.2, 0.25) is 10.0 Å². The van der Waals surface area contributed by atoms with E-state index < -0.39 is 20.9 Å². The van der Waals surface area contributed by atoms with Crippen molar-refractivity contribution in [3.63, 3.8) is 0 Å². The Labute approximate surface area is 209 Å². The van der Waals surface area contributed by atoms with E-state index in [1.807, 2.05) is 26.0 Å². The fourth-order valence-electron chi connectivity index (χ4n) is 3.37. The molecule has 0 bridgehead atoms. The third-order valence-corrected chi connectivity index (χ3v) is 6.64. The molecule has 0 aliphatic carbocycles. The lowest BCUT2D eigenvalue weighted by Crippen LogP contribution is -2.29. The monoisotopic (exact) mass is 510 g/mol. The Hall–Kier alpha value is -4.25. The number of nitro benzene ring substituents is 1. The first-order valence-electron chi connectivity index (χ1n) is 10.8. The zero-order valence-electron chi connectivity index (χ0n) is 20.3. The summed E-state index contributed by atoms with van der Waals surface area (Å²) < 4.78 is 31.1. The Morgan fingerprint density at radius 1 is 1.08 bits per heavy atom. The lowest BCUT2D eigenvalue weighted by atomic mass is 10.1. The first kappa shape index (κ1) is 26.4.